The number of amides is 1. The number of halogens is 2. The Hall–Kier alpha value is -0.940. The largest absolute Gasteiger partial charge is 0.380 e. The molecule has 5 heteroatoms. The molecule has 0 saturated heterocycles. The van der Waals surface area contributed by atoms with E-state index in [1.54, 1.807) is 0 Å². The summed E-state index contributed by atoms with van der Waals surface area (Å²) in [5.41, 5.74) is 0.286. The summed E-state index contributed by atoms with van der Waals surface area (Å²) in [6, 6.07) is 3.90. The Morgan fingerprint density at radius 3 is 2.94 bits per heavy atom. The normalized spacial score (nSPS) is 12.2. The molecule has 1 aromatic carbocycles. The molecule has 1 rings (SSSR count). The van der Waals surface area contributed by atoms with Crippen molar-refractivity contribution in [2.75, 3.05) is 13.2 Å². The van der Waals surface area contributed by atoms with E-state index in [4.69, 9.17) is 4.74 Å². The smallest absolute Gasteiger partial charge is 0.252 e. The van der Waals surface area contributed by atoms with Crippen LogP contribution in [-0.4, -0.2) is 25.2 Å². The van der Waals surface area contributed by atoms with Crippen LogP contribution in [0.4, 0.5) is 4.39 Å². The lowest BCUT2D eigenvalue weighted by Crippen LogP contribution is -2.36. The van der Waals surface area contributed by atoms with Crippen LogP contribution in [0.15, 0.2) is 22.7 Å². The molecule has 0 aromatic heterocycles. The van der Waals surface area contributed by atoms with Crippen molar-refractivity contribution in [2.45, 2.75) is 19.9 Å². The van der Waals surface area contributed by atoms with E-state index < -0.39 is 5.82 Å². The van der Waals surface area contributed by atoms with Crippen molar-refractivity contribution in [1.82, 2.24) is 5.32 Å². The third kappa shape index (κ3) is 4.44. The molecule has 1 N–H and O–H groups in total. The fourth-order valence-corrected chi connectivity index (χ4v) is 1.74. The Labute approximate surface area is 108 Å². The standard InChI is InChI=1S/C12H15BrFNO2/c1-3-17-7-8(2)15-12(16)10-6-9(14)4-5-11(10)13/h4-6,8H,3,7H2,1-2H3,(H,15,16). The van der Waals surface area contributed by atoms with Crippen molar-refractivity contribution in [3.63, 3.8) is 0 Å². The van der Waals surface area contributed by atoms with Crippen LogP contribution in [-0.2, 0) is 4.74 Å². The number of nitrogens with one attached hydrogen (secondary N) is 1. The lowest BCUT2D eigenvalue weighted by Gasteiger charge is -2.14. The molecule has 0 spiro atoms. The highest BCUT2D eigenvalue weighted by atomic mass is 79.9. The number of rotatable bonds is 5. The fourth-order valence-electron chi connectivity index (χ4n) is 1.31. The third-order valence-corrected chi connectivity index (χ3v) is 2.81. The second-order valence-electron chi connectivity index (χ2n) is 3.66. The molecule has 0 radical (unpaired) electrons. The minimum atomic E-state index is -0.434. The van der Waals surface area contributed by atoms with Gasteiger partial charge < -0.3 is 10.1 Å². The van der Waals surface area contributed by atoms with Gasteiger partial charge in [0.15, 0.2) is 0 Å². The monoisotopic (exact) mass is 303 g/mol. The summed E-state index contributed by atoms with van der Waals surface area (Å²) in [7, 11) is 0. The number of benzene rings is 1. The number of hydrogen-bond acceptors (Lipinski definition) is 2. The maximum Gasteiger partial charge on any atom is 0.252 e. The lowest BCUT2D eigenvalue weighted by atomic mass is 10.2. The summed E-state index contributed by atoms with van der Waals surface area (Å²) in [6.45, 7) is 4.76. The molecule has 0 aliphatic rings. The van der Waals surface area contributed by atoms with Crippen LogP contribution in [0, 0.1) is 5.82 Å². The van der Waals surface area contributed by atoms with Gasteiger partial charge in [-0.15, -0.1) is 0 Å². The van der Waals surface area contributed by atoms with E-state index in [2.05, 4.69) is 21.2 Å². The Kier molecular flexibility index (Phi) is 5.58. The summed E-state index contributed by atoms with van der Waals surface area (Å²) in [4.78, 5) is 11.8. The molecule has 0 saturated carbocycles. The highest BCUT2D eigenvalue weighted by molar-refractivity contribution is 9.10. The maximum atomic E-state index is 13.0. The van der Waals surface area contributed by atoms with Crippen LogP contribution in [0.1, 0.15) is 24.2 Å². The van der Waals surface area contributed by atoms with Gasteiger partial charge in [-0.05, 0) is 48.0 Å². The Bertz CT molecular complexity index is 398. The molecule has 94 valence electrons. The van der Waals surface area contributed by atoms with Crippen molar-refractivity contribution in [1.29, 1.82) is 0 Å². The Morgan fingerprint density at radius 1 is 1.59 bits per heavy atom. The van der Waals surface area contributed by atoms with E-state index in [9.17, 15) is 9.18 Å². The van der Waals surface area contributed by atoms with Gasteiger partial charge in [-0.25, -0.2) is 4.39 Å². The summed E-state index contributed by atoms with van der Waals surface area (Å²) in [5.74, 6) is -0.751. The molecule has 0 aliphatic carbocycles. The highest BCUT2D eigenvalue weighted by Gasteiger charge is 2.13. The first-order valence-electron chi connectivity index (χ1n) is 5.38. The van der Waals surface area contributed by atoms with E-state index in [0.717, 1.165) is 0 Å². The zero-order valence-electron chi connectivity index (χ0n) is 9.80. The molecule has 1 amide bonds. The highest BCUT2D eigenvalue weighted by Crippen LogP contribution is 2.17. The van der Waals surface area contributed by atoms with Gasteiger partial charge in [0.1, 0.15) is 5.82 Å². The van der Waals surface area contributed by atoms with Crippen LogP contribution in [0.5, 0.6) is 0 Å². The molecule has 0 heterocycles. The van der Waals surface area contributed by atoms with Gasteiger partial charge in [0.2, 0.25) is 0 Å². The average molecular weight is 304 g/mol. The predicted molar refractivity (Wildman–Crippen MR) is 67.5 cm³/mol. The summed E-state index contributed by atoms with van der Waals surface area (Å²) < 4.78 is 18.8. The zero-order chi connectivity index (χ0) is 12.8. The molecule has 1 unspecified atom stereocenters. The molecular weight excluding hydrogens is 289 g/mol. The molecule has 1 aromatic rings. The minimum absolute atomic E-state index is 0.113. The van der Waals surface area contributed by atoms with Gasteiger partial charge in [-0.1, -0.05) is 0 Å². The quantitative estimate of drug-likeness (QED) is 0.908. The molecular formula is C12H15BrFNO2. The second kappa shape index (κ2) is 6.71. The van der Waals surface area contributed by atoms with Crippen molar-refractivity contribution in [2.24, 2.45) is 0 Å². The van der Waals surface area contributed by atoms with E-state index in [1.165, 1.54) is 18.2 Å². The minimum Gasteiger partial charge on any atom is -0.380 e. The van der Waals surface area contributed by atoms with Gasteiger partial charge in [0.05, 0.1) is 12.2 Å². The van der Waals surface area contributed by atoms with E-state index >= 15 is 0 Å². The summed E-state index contributed by atoms with van der Waals surface area (Å²) in [5, 5.41) is 2.74. The van der Waals surface area contributed by atoms with Crippen molar-refractivity contribution >= 4 is 21.8 Å². The van der Waals surface area contributed by atoms with Gasteiger partial charge in [-0.2, -0.15) is 0 Å². The van der Waals surface area contributed by atoms with E-state index in [1.807, 2.05) is 13.8 Å². The van der Waals surface area contributed by atoms with Crippen LogP contribution in [0.2, 0.25) is 0 Å². The summed E-state index contributed by atoms with van der Waals surface area (Å²) in [6.07, 6.45) is 0. The average Bonchev–Trinajstić information content (AvgIpc) is 2.29. The number of carbonyl (C=O) groups is 1. The van der Waals surface area contributed by atoms with Gasteiger partial charge in [-0.3, -0.25) is 4.79 Å². The topological polar surface area (TPSA) is 38.3 Å². The summed E-state index contributed by atoms with van der Waals surface area (Å²) >= 11 is 3.21. The number of hydrogen-bond donors (Lipinski definition) is 1. The zero-order valence-corrected chi connectivity index (χ0v) is 11.4. The molecule has 3 nitrogen and oxygen atoms in total. The Balaban J connectivity index is 2.66. The van der Waals surface area contributed by atoms with Gasteiger partial charge in [0, 0.05) is 17.1 Å². The van der Waals surface area contributed by atoms with E-state index in [-0.39, 0.29) is 17.5 Å². The van der Waals surface area contributed by atoms with Crippen molar-refractivity contribution in [3.8, 4) is 0 Å². The molecule has 0 fully saturated rings. The first-order valence-corrected chi connectivity index (χ1v) is 6.17. The second-order valence-corrected chi connectivity index (χ2v) is 4.51. The number of carbonyl (C=O) groups excluding carboxylic acids is 1. The van der Waals surface area contributed by atoms with Gasteiger partial charge >= 0.3 is 0 Å². The first kappa shape index (κ1) is 14.1. The van der Waals surface area contributed by atoms with Crippen LogP contribution in [0.25, 0.3) is 0 Å². The van der Waals surface area contributed by atoms with Crippen LogP contribution >= 0.6 is 15.9 Å². The Morgan fingerprint density at radius 2 is 2.29 bits per heavy atom. The van der Waals surface area contributed by atoms with Crippen molar-refractivity contribution in [3.05, 3.63) is 34.1 Å². The van der Waals surface area contributed by atoms with Crippen LogP contribution < -0.4 is 5.32 Å². The SMILES string of the molecule is CCOCC(C)NC(=O)c1cc(F)ccc1Br. The molecule has 17 heavy (non-hydrogen) atoms. The lowest BCUT2D eigenvalue weighted by molar-refractivity contribution is 0.0871. The maximum absolute atomic E-state index is 13.0. The number of ether oxygens (including phenoxy) is 1. The third-order valence-electron chi connectivity index (χ3n) is 2.12. The first-order chi connectivity index (χ1) is 8.04. The fraction of sp³-hybridized carbons (Fsp3) is 0.417. The molecule has 0 bridgehead atoms. The van der Waals surface area contributed by atoms with E-state index in [0.29, 0.717) is 17.7 Å². The predicted octanol–water partition coefficient (Wildman–Crippen LogP) is 2.74. The molecule has 1 atom stereocenters. The van der Waals surface area contributed by atoms with Crippen molar-refractivity contribution < 1.29 is 13.9 Å². The van der Waals surface area contributed by atoms with Gasteiger partial charge in [0.25, 0.3) is 5.91 Å². The molecule has 0 aliphatic heterocycles. The van der Waals surface area contributed by atoms with Crippen LogP contribution in [0.3, 0.4) is 0 Å².